The quantitative estimate of drug-likeness (QED) is 0.439. The molecule has 0 aliphatic carbocycles. The summed E-state index contributed by atoms with van der Waals surface area (Å²) >= 11 is 4.68. The second-order valence-corrected chi connectivity index (χ2v) is 7.72. The fraction of sp³-hybridized carbons (Fsp3) is 1.00. The average molecular weight is 233 g/mol. The third-order valence-corrected chi connectivity index (χ3v) is 5.16. The second-order valence-electron chi connectivity index (χ2n) is 3.08. The Morgan fingerprint density at radius 2 is 1.92 bits per heavy atom. The fourth-order valence-electron chi connectivity index (χ4n) is 0.186. The van der Waals surface area contributed by atoms with Gasteiger partial charge in [-0.25, -0.2) is 0 Å². The van der Waals surface area contributed by atoms with E-state index in [1.807, 2.05) is 0 Å². The van der Waals surface area contributed by atoms with Crippen molar-refractivity contribution in [2.75, 3.05) is 0 Å². The van der Waals surface area contributed by atoms with Crippen molar-refractivity contribution in [3.8, 4) is 0 Å². The number of hydrogen-bond donors (Lipinski definition) is 2. The first kappa shape index (κ1) is 12.6. The van der Waals surface area contributed by atoms with E-state index in [2.05, 4.69) is 21.2 Å². The molecule has 0 aromatic heterocycles. The molecular formula is C4H11O5P2S+. The Balaban J connectivity index is 4.25. The van der Waals surface area contributed by atoms with Crippen LogP contribution in [0.3, 0.4) is 0 Å². The summed E-state index contributed by atoms with van der Waals surface area (Å²) in [5, 5.41) is -0.673. The van der Waals surface area contributed by atoms with Crippen molar-refractivity contribution in [2.24, 2.45) is 0 Å². The highest BCUT2D eigenvalue weighted by Gasteiger charge is 2.35. The lowest BCUT2D eigenvalue weighted by Gasteiger charge is -2.24. The molecule has 0 bridgehead atoms. The van der Waals surface area contributed by atoms with Crippen LogP contribution in [0.5, 0.6) is 0 Å². The van der Waals surface area contributed by atoms with Crippen molar-refractivity contribution in [3.05, 3.63) is 0 Å². The molecule has 72 valence electrons. The van der Waals surface area contributed by atoms with E-state index in [0.29, 0.717) is 0 Å². The molecule has 0 fully saturated rings. The maximum Gasteiger partial charge on any atom is 0.726 e. The van der Waals surface area contributed by atoms with Crippen molar-refractivity contribution < 1.29 is 23.7 Å². The van der Waals surface area contributed by atoms with Gasteiger partial charge in [-0.3, -0.25) is 0 Å². The lowest BCUT2D eigenvalue weighted by molar-refractivity contribution is -0.103. The Morgan fingerprint density at radius 3 is 2.17 bits per heavy atom. The van der Waals surface area contributed by atoms with Gasteiger partial charge in [-0.2, -0.15) is 0 Å². The van der Waals surface area contributed by atoms with Crippen LogP contribution in [0.15, 0.2) is 0 Å². The normalized spacial score (nSPS) is 18.6. The number of rotatable bonds is 3. The van der Waals surface area contributed by atoms with E-state index in [1.54, 1.807) is 20.8 Å². The van der Waals surface area contributed by atoms with Crippen LogP contribution in [-0.2, 0) is 25.7 Å². The highest BCUT2D eigenvalue weighted by atomic mass is 32.5. The topological polar surface area (TPSA) is 76.0 Å². The minimum Gasteiger partial charge on any atom is -0.343 e. The van der Waals surface area contributed by atoms with Gasteiger partial charge in [-0.05, 0) is 11.8 Å². The van der Waals surface area contributed by atoms with Crippen LogP contribution < -0.4 is 0 Å². The van der Waals surface area contributed by atoms with Gasteiger partial charge in [0.05, 0.1) is 4.67 Å². The molecule has 0 aromatic rings. The summed E-state index contributed by atoms with van der Waals surface area (Å²) in [7, 11) is -2.88. The highest BCUT2D eigenvalue weighted by molar-refractivity contribution is 8.10. The molecular weight excluding hydrogens is 222 g/mol. The predicted octanol–water partition coefficient (Wildman–Crippen LogP) is 1.68. The minimum absolute atomic E-state index is 0.673. The van der Waals surface area contributed by atoms with E-state index < -0.39 is 19.9 Å². The molecule has 0 aliphatic heterocycles. The van der Waals surface area contributed by atoms with E-state index in [1.165, 1.54) is 0 Å². The second kappa shape index (κ2) is 4.20. The van der Waals surface area contributed by atoms with Crippen LogP contribution in [0.2, 0.25) is 0 Å². The largest absolute Gasteiger partial charge is 0.726 e. The summed E-state index contributed by atoms with van der Waals surface area (Å²) in [6.07, 6.45) is 0. The molecule has 5 nitrogen and oxygen atoms in total. The Bertz CT molecular complexity index is 222. The molecule has 0 amide bonds. The van der Waals surface area contributed by atoms with Gasteiger partial charge in [0, 0.05) is 9.72 Å². The van der Waals surface area contributed by atoms with E-state index >= 15 is 0 Å². The summed E-state index contributed by atoms with van der Waals surface area (Å²) in [6.45, 7) is 1.80. The van der Waals surface area contributed by atoms with Gasteiger partial charge in [0.15, 0.2) is 0 Å². The van der Waals surface area contributed by atoms with Crippen molar-refractivity contribution in [2.45, 2.75) is 25.9 Å². The molecule has 0 spiro atoms. The van der Waals surface area contributed by atoms with Crippen molar-refractivity contribution in [1.29, 1.82) is 0 Å². The molecule has 0 saturated carbocycles. The van der Waals surface area contributed by atoms with Crippen LogP contribution in [0.25, 0.3) is 0 Å². The third kappa shape index (κ3) is 4.01. The smallest absolute Gasteiger partial charge is 0.343 e. The molecule has 0 aliphatic rings. The van der Waals surface area contributed by atoms with Gasteiger partial charge in [-0.15, -0.1) is 9.57 Å². The third-order valence-electron chi connectivity index (χ3n) is 1.05. The summed E-state index contributed by atoms with van der Waals surface area (Å²) < 4.78 is 18.2. The summed E-state index contributed by atoms with van der Waals surface area (Å²) in [6, 6.07) is 0. The van der Waals surface area contributed by atoms with Crippen LogP contribution in [0.1, 0.15) is 20.8 Å². The standard InChI is InChI=1S/C4H10O5P2S/c1-4(2,3)11(7,12)9-8-10(5)6/h1-3H3,(H-,5,6,7,12)/p+1. The summed E-state index contributed by atoms with van der Waals surface area (Å²) in [4.78, 5) is 17.6. The predicted molar refractivity (Wildman–Crippen MR) is 48.3 cm³/mol. The van der Waals surface area contributed by atoms with E-state index in [9.17, 15) is 9.46 Å². The lowest BCUT2D eigenvalue weighted by atomic mass is 10.3. The molecule has 2 atom stereocenters. The Kier molecular flexibility index (Phi) is 4.41. The monoisotopic (exact) mass is 233 g/mol. The van der Waals surface area contributed by atoms with Crippen molar-refractivity contribution >= 4 is 26.6 Å². The maximum atomic E-state index is 10.0. The zero-order chi connectivity index (χ0) is 9.99. The minimum atomic E-state index is -3.16. The number of hydrogen-bond acceptors (Lipinski definition) is 4. The van der Waals surface area contributed by atoms with Crippen LogP contribution in [0.4, 0.5) is 0 Å². The summed E-state index contributed by atoms with van der Waals surface area (Å²) in [5.74, 6) is 0. The van der Waals surface area contributed by atoms with Crippen LogP contribution in [0, 0.1) is 0 Å². The van der Waals surface area contributed by atoms with Gasteiger partial charge in [-0.1, -0.05) is 20.8 Å². The van der Waals surface area contributed by atoms with Gasteiger partial charge in [0.1, 0.15) is 0 Å². The Hall–Kier alpha value is 0.590. The van der Waals surface area contributed by atoms with Gasteiger partial charge in [0.25, 0.3) is 0 Å². The van der Waals surface area contributed by atoms with Gasteiger partial charge >= 0.3 is 8.25 Å². The molecule has 2 unspecified atom stereocenters. The molecule has 0 saturated heterocycles. The zero-order valence-corrected chi connectivity index (χ0v) is 9.53. The van der Waals surface area contributed by atoms with Gasteiger partial charge < -0.3 is 4.89 Å². The molecule has 0 heterocycles. The van der Waals surface area contributed by atoms with Crippen molar-refractivity contribution in [3.63, 3.8) is 0 Å². The Morgan fingerprint density at radius 1 is 1.50 bits per heavy atom. The zero-order valence-electron chi connectivity index (χ0n) is 6.92. The van der Waals surface area contributed by atoms with E-state index in [4.69, 9.17) is 4.89 Å². The van der Waals surface area contributed by atoms with E-state index in [0.717, 1.165) is 0 Å². The molecule has 0 rings (SSSR count). The Labute approximate surface area is 76.8 Å². The van der Waals surface area contributed by atoms with Gasteiger partial charge in [0.2, 0.25) is 6.49 Å². The van der Waals surface area contributed by atoms with Crippen LogP contribution in [-0.4, -0.2) is 14.9 Å². The molecule has 0 radical (unpaired) electrons. The fourth-order valence-corrected chi connectivity index (χ4v) is 1.24. The van der Waals surface area contributed by atoms with E-state index in [-0.39, 0.29) is 0 Å². The molecule has 12 heavy (non-hydrogen) atoms. The lowest BCUT2D eigenvalue weighted by Crippen LogP contribution is -2.15. The first-order valence-corrected chi connectivity index (χ1v) is 6.82. The average Bonchev–Trinajstić information content (AvgIpc) is 1.81. The maximum absolute atomic E-state index is 10.0. The summed E-state index contributed by atoms with van der Waals surface area (Å²) in [5.41, 5.74) is 0. The first-order chi connectivity index (χ1) is 5.17. The molecule has 8 heteroatoms. The molecule has 0 aromatic carbocycles. The highest BCUT2D eigenvalue weighted by Crippen LogP contribution is 2.56. The molecule has 2 N–H and O–H groups in total. The van der Waals surface area contributed by atoms with Crippen molar-refractivity contribution in [1.82, 2.24) is 0 Å². The van der Waals surface area contributed by atoms with Crippen LogP contribution >= 0.6 is 14.7 Å². The SMILES string of the molecule is CC(C)(C)P(O)(=S)OO[P+](=O)O. The first-order valence-electron chi connectivity index (χ1n) is 3.02.